The van der Waals surface area contributed by atoms with Gasteiger partial charge in [0.25, 0.3) is 0 Å². The van der Waals surface area contributed by atoms with Crippen LogP contribution >= 0.6 is 11.6 Å². The number of nitrogens with one attached hydrogen (secondary N) is 1. The van der Waals surface area contributed by atoms with Crippen molar-refractivity contribution in [3.05, 3.63) is 64.2 Å². The second-order valence-corrected chi connectivity index (χ2v) is 5.17. The summed E-state index contributed by atoms with van der Waals surface area (Å²) in [6.07, 6.45) is 0. The molecule has 0 aliphatic rings. The van der Waals surface area contributed by atoms with E-state index in [9.17, 15) is 0 Å². The normalized spacial score (nSPS) is 10.6. The molecule has 2 N–H and O–H groups in total. The highest BCUT2D eigenvalue weighted by Gasteiger charge is 2.08. The van der Waals surface area contributed by atoms with Gasteiger partial charge in [-0.3, -0.25) is 0 Å². The van der Waals surface area contributed by atoms with Crippen LogP contribution in [0.3, 0.4) is 0 Å². The van der Waals surface area contributed by atoms with Crippen molar-refractivity contribution < 1.29 is 9.84 Å². The highest BCUT2D eigenvalue weighted by molar-refractivity contribution is 6.31. The van der Waals surface area contributed by atoms with E-state index < -0.39 is 0 Å². The molecule has 0 amide bonds. The summed E-state index contributed by atoms with van der Waals surface area (Å²) in [6.45, 7) is 4.16. The summed E-state index contributed by atoms with van der Waals surface area (Å²) in [4.78, 5) is 0. The second kappa shape index (κ2) is 8.03. The number of hydrogen-bond donors (Lipinski definition) is 2. The van der Waals surface area contributed by atoms with E-state index in [1.807, 2.05) is 42.5 Å². The van der Waals surface area contributed by atoms with E-state index in [1.54, 1.807) is 0 Å². The summed E-state index contributed by atoms with van der Waals surface area (Å²) in [6, 6.07) is 13.4. The van der Waals surface area contributed by atoms with Crippen molar-refractivity contribution in [2.45, 2.75) is 26.7 Å². The zero-order valence-corrected chi connectivity index (χ0v) is 12.9. The monoisotopic (exact) mass is 305 g/mol. The molecule has 0 aliphatic heterocycles. The molecule has 0 aromatic heterocycles. The van der Waals surface area contributed by atoms with Gasteiger partial charge in [-0.05, 0) is 29.8 Å². The van der Waals surface area contributed by atoms with Crippen molar-refractivity contribution in [1.82, 2.24) is 5.32 Å². The van der Waals surface area contributed by atoms with E-state index in [2.05, 4.69) is 12.2 Å². The number of halogens is 1. The van der Waals surface area contributed by atoms with Gasteiger partial charge in [0.2, 0.25) is 0 Å². The van der Waals surface area contributed by atoms with Crippen molar-refractivity contribution in [2.75, 3.05) is 6.54 Å². The standard InChI is InChI=1S/C17H20ClNO2/c1-2-19-10-15-16(18)4-3-5-17(15)21-12-14-8-6-13(11-20)7-9-14/h3-9,19-20H,2,10-12H2,1H3. The molecule has 0 saturated carbocycles. The SMILES string of the molecule is CCNCc1c(Cl)cccc1OCc1ccc(CO)cc1. The predicted molar refractivity (Wildman–Crippen MR) is 85.5 cm³/mol. The Hall–Kier alpha value is -1.55. The maximum absolute atomic E-state index is 9.03. The Labute approximate surface area is 130 Å². The van der Waals surface area contributed by atoms with Crippen molar-refractivity contribution in [3.8, 4) is 5.75 Å². The third kappa shape index (κ3) is 4.46. The first-order valence-corrected chi connectivity index (χ1v) is 7.42. The minimum atomic E-state index is 0.0578. The lowest BCUT2D eigenvalue weighted by atomic mass is 10.1. The van der Waals surface area contributed by atoms with Gasteiger partial charge in [0.1, 0.15) is 12.4 Å². The zero-order chi connectivity index (χ0) is 15.1. The number of rotatable bonds is 7. The lowest BCUT2D eigenvalue weighted by Crippen LogP contribution is -2.13. The summed E-state index contributed by atoms with van der Waals surface area (Å²) >= 11 is 6.24. The van der Waals surface area contributed by atoms with E-state index in [0.29, 0.717) is 18.2 Å². The quantitative estimate of drug-likeness (QED) is 0.822. The van der Waals surface area contributed by atoms with Crippen molar-refractivity contribution >= 4 is 11.6 Å². The highest BCUT2D eigenvalue weighted by Crippen LogP contribution is 2.27. The summed E-state index contributed by atoms with van der Waals surface area (Å²) in [5.74, 6) is 0.801. The minimum Gasteiger partial charge on any atom is -0.489 e. The van der Waals surface area contributed by atoms with Gasteiger partial charge in [-0.15, -0.1) is 0 Å². The first kappa shape index (κ1) is 15.8. The molecule has 4 heteroatoms. The molecular formula is C17H20ClNO2. The van der Waals surface area contributed by atoms with Gasteiger partial charge < -0.3 is 15.2 Å². The summed E-state index contributed by atoms with van der Waals surface area (Å²) in [7, 11) is 0. The number of aliphatic hydroxyl groups excluding tert-OH is 1. The maximum atomic E-state index is 9.03. The van der Waals surface area contributed by atoms with E-state index >= 15 is 0 Å². The molecule has 0 fully saturated rings. The molecule has 0 aliphatic carbocycles. The Kier molecular flexibility index (Phi) is 6.05. The van der Waals surface area contributed by atoms with E-state index in [-0.39, 0.29) is 6.61 Å². The summed E-state index contributed by atoms with van der Waals surface area (Å²) in [5.41, 5.74) is 2.93. The molecule has 21 heavy (non-hydrogen) atoms. The third-order valence-electron chi connectivity index (χ3n) is 3.23. The van der Waals surface area contributed by atoms with Crippen LogP contribution in [-0.2, 0) is 19.8 Å². The van der Waals surface area contributed by atoms with E-state index in [1.165, 1.54) is 0 Å². The summed E-state index contributed by atoms with van der Waals surface area (Å²) in [5, 5.41) is 13.0. The van der Waals surface area contributed by atoms with Crippen LogP contribution in [0.5, 0.6) is 5.75 Å². The van der Waals surface area contributed by atoms with Crippen LogP contribution in [-0.4, -0.2) is 11.7 Å². The average molecular weight is 306 g/mol. The maximum Gasteiger partial charge on any atom is 0.125 e. The molecule has 0 bridgehead atoms. The molecule has 0 heterocycles. The molecule has 0 saturated heterocycles. The number of benzene rings is 2. The van der Waals surface area contributed by atoms with E-state index in [4.69, 9.17) is 21.4 Å². The van der Waals surface area contributed by atoms with Gasteiger partial charge in [-0.2, -0.15) is 0 Å². The van der Waals surface area contributed by atoms with Crippen LogP contribution in [0.2, 0.25) is 5.02 Å². The largest absolute Gasteiger partial charge is 0.489 e. The second-order valence-electron chi connectivity index (χ2n) is 4.76. The lowest BCUT2D eigenvalue weighted by Gasteiger charge is -2.13. The van der Waals surface area contributed by atoms with Gasteiger partial charge in [0.05, 0.1) is 6.61 Å². The van der Waals surface area contributed by atoms with E-state index in [0.717, 1.165) is 29.0 Å². The molecule has 0 radical (unpaired) electrons. The molecule has 0 spiro atoms. The van der Waals surface area contributed by atoms with Crippen LogP contribution in [0.4, 0.5) is 0 Å². The molecule has 0 atom stereocenters. The number of aliphatic hydroxyl groups is 1. The van der Waals surface area contributed by atoms with Gasteiger partial charge in [-0.1, -0.05) is 48.9 Å². The van der Waals surface area contributed by atoms with Crippen LogP contribution in [0.15, 0.2) is 42.5 Å². The molecule has 3 nitrogen and oxygen atoms in total. The van der Waals surface area contributed by atoms with Crippen molar-refractivity contribution in [2.24, 2.45) is 0 Å². The van der Waals surface area contributed by atoms with Crippen molar-refractivity contribution in [3.63, 3.8) is 0 Å². The smallest absolute Gasteiger partial charge is 0.125 e. The van der Waals surface area contributed by atoms with Gasteiger partial charge >= 0.3 is 0 Å². The Balaban J connectivity index is 2.06. The lowest BCUT2D eigenvalue weighted by molar-refractivity contribution is 0.281. The van der Waals surface area contributed by atoms with Crippen molar-refractivity contribution in [1.29, 1.82) is 0 Å². The number of ether oxygens (including phenoxy) is 1. The molecular weight excluding hydrogens is 286 g/mol. The highest BCUT2D eigenvalue weighted by atomic mass is 35.5. The summed E-state index contributed by atoms with van der Waals surface area (Å²) < 4.78 is 5.89. The topological polar surface area (TPSA) is 41.5 Å². The fourth-order valence-electron chi connectivity index (χ4n) is 2.00. The molecule has 0 unspecified atom stereocenters. The van der Waals surface area contributed by atoms with Crippen LogP contribution in [0.25, 0.3) is 0 Å². The zero-order valence-electron chi connectivity index (χ0n) is 12.1. The van der Waals surface area contributed by atoms with Crippen LogP contribution in [0.1, 0.15) is 23.6 Å². The van der Waals surface area contributed by atoms with Gasteiger partial charge in [0, 0.05) is 17.1 Å². The predicted octanol–water partition coefficient (Wildman–Crippen LogP) is 3.52. The fraction of sp³-hybridized carbons (Fsp3) is 0.294. The first-order valence-electron chi connectivity index (χ1n) is 7.04. The Morgan fingerprint density at radius 3 is 2.48 bits per heavy atom. The van der Waals surface area contributed by atoms with Gasteiger partial charge in [-0.25, -0.2) is 0 Å². The third-order valence-corrected chi connectivity index (χ3v) is 3.58. The van der Waals surface area contributed by atoms with Crippen LogP contribution in [0, 0.1) is 0 Å². The Bertz CT molecular complexity index is 570. The average Bonchev–Trinajstić information content (AvgIpc) is 2.52. The Morgan fingerprint density at radius 2 is 1.81 bits per heavy atom. The first-order chi connectivity index (χ1) is 10.2. The van der Waals surface area contributed by atoms with Crippen LogP contribution < -0.4 is 10.1 Å². The molecule has 2 aromatic rings. The molecule has 2 aromatic carbocycles. The number of hydrogen-bond acceptors (Lipinski definition) is 3. The Morgan fingerprint density at radius 1 is 1.10 bits per heavy atom. The minimum absolute atomic E-state index is 0.0578. The molecule has 112 valence electrons. The molecule has 2 rings (SSSR count). The fourth-order valence-corrected chi connectivity index (χ4v) is 2.23. The van der Waals surface area contributed by atoms with Gasteiger partial charge in [0.15, 0.2) is 0 Å².